The molecule has 1 aliphatic heterocycles. The van der Waals surface area contributed by atoms with Crippen LogP contribution in [0.15, 0.2) is 11.6 Å². The van der Waals surface area contributed by atoms with Crippen molar-refractivity contribution in [3.8, 4) is 0 Å². The van der Waals surface area contributed by atoms with Gasteiger partial charge in [0.15, 0.2) is 0 Å². The number of hydrogen-bond donors (Lipinski definition) is 0. The second-order valence-electron chi connectivity index (χ2n) is 7.36. The summed E-state index contributed by atoms with van der Waals surface area (Å²) in [7, 11) is 0. The lowest BCUT2D eigenvalue weighted by Crippen LogP contribution is -2.46. The molecule has 0 aromatic heterocycles. The van der Waals surface area contributed by atoms with E-state index >= 15 is 0 Å². The van der Waals surface area contributed by atoms with Crippen LogP contribution in [-0.2, 0) is 9.53 Å². The van der Waals surface area contributed by atoms with Gasteiger partial charge in [-0.3, -0.25) is 4.79 Å². The van der Waals surface area contributed by atoms with Gasteiger partial charge in [-0.05, 0) is 66.7 Å². The van der Waals surface area contributed by atoms with Crippen molar-refractivity contribution in [1.29, 1.82) is 0 Å². The summed E-state index contributed by atoms with van der Waals surface area (Å²) >= 11 is 0. The number of likely N-dealkylation sites (tertiary alicyclic amines) is 1. The van der Waals surface area contributed by atoms with Crippen molar-refractivity contribution in [2.45, 2.75) is 91.2 Å². The first-order valence-electron chi connectivity index (χ1n) is 8.39. The van der Waals surface area contributed by atoms with Gasteiger partial charge in [-0.2, -0.15) is 0 Å². The first-order valence-corrected chi connectivity index (χ1v) is 8.39. The molecule has 0 aromatic rings. The Balaban J connectivity index is 2.73. The zero-order chi connectivity index (χ0) is 16.8. The van der Waals surface area contributed by atoms with Crippen LogP contribution in [0.25, 0.3) is 0 Å². The molecule has 0 N–H and O–H groups in total. The zero-order valence-corrected chi connectivity index (χ0v) is 14.8. The van der Waals surface area contributed by atoms with Gasteiger partial charge in [0, 0.05) is 12.5 Å². The van der Waals surface area contributed by atoms with Crippen LogP contribution >= 0.6 is 0 Å². The maximum absolute atomic E-state index is 12.4. The third-order valence-corrected chi connectivity index (χ3v) is 3.70. The lowest BCUT2D eigenvalue weighted by molar-refractivity contribution is -0.132. The molecule has 0 radical (unpaired) electrons. The minimum Gasteiger partial charge on any atom is -0.443 e. The molecular weight excluding hydrogens is 278 g/mol. The lowest BCUT2D eigenvalue weighted by Gasteiger charge is -2.31. The van der Waals surface area contributed by atoms with E-state index in [-0.39, 0.29) is 11.9 Å². The van der Waals surface area contributed by atoms with Crippen molar-refractivity contribution in [1.82, 2.24) is 4.90 Å². The Labute approximate surface area is 134 Å². The molecule has 0 aliphatic carbocycles. The van der Waals surface area contributed by atoms with E-state index < -0.39 is 11.7 Å². The number of carbonyl (C=O) groups is 2. The number of rotatable bonds is 4. The van der Waals surface area contributed by atoms with Crippen LogP contribution in [0, 0.1) is 0 Å². The van der Waals surface area contributed by atoms with Crippen LogP contribution in [0.2, 0.25) is 0 Å². The summed E-state index contributed by atoms with van der Waals surface area (Å²) in [5.74, 6) is -0.0843. The Kier molecular flexibility index (Phi) is 7.11. The van der Waals surface area contributed by atoms with E-state index in [4.69, 9.17) is 4.74 Å². The number of ether oxygens (including phenoxy) is 1. The topological polar surface area (TPSA) is 46.6 Å². The minimum atomic E-state index is -0.573. The van der Waals surface area contributed by atoms with E-state index in [0.717, 1.165) is 38.5 Å². The highest BCUT2D eigenvalue weighted by Crippen LogP contribution is 2.24. The maximum atomic E-state index is 12.4. The highest BCUT2D eigenvalue weighted by Gasteiger charge is 2.34. The number of carbonyl (C=O) groups excluding carboxylic acids is 2. The molecule has 4 heteroatoms. The van der Waals surface area contributed by atoms with Crippen molar-refractivity contribution in [3.63, 3.8) is 0 Å². The normalized spacial score (nSPS) is 19.6. The van der Waals surface area contributed by atoms with Crippen molar-refractivity contribution in [2.75, 3.05) is 0 Å². The molecule has 1 fully saturated rings. The van der Waals surface area contributed by atoms with Crippen molar-refractivity contribution in [3.05, 3.63) is 11.6 Å². The van der Waals surface area contributed by atoms with E-state index in [2.05, 4.69) is 19.9 Å². The summed E-state index contributed by atoms with van der Waals surface area (Å²) in [4.78, 5) is 26.1. The zero-order valence-electron chi connectivity index (χ0n) is 14.8. The largest absolute Gasteiger partial charge is 0.443 e. The van der Waals surface area contributed by atoms with Gasteiger partial charge in [0.05, 0.1) is 0 Å². The molecule has 0 bridgehead atoms. The summed E-state index contributed by atoms with van der Waals surface area (Å²) in [6, 6.07) is -0.0181. The third-order valence-electron chi connectivity index (χ3n) is 3.70. The van der Waals surface area contributed by atoms with Crippen molar-refractivity contribution >= 4 is 12.0 Å². The Hall–Kier alpha value is -1.32. The Morgan fingerprint density at radius 3 is 2.59 bits per heavy atom. The van der Waals surface area contributed by atoms with Crippen LogP contribution in [0.1, 0.15) is 79.6 Å². The number of nitrogens with zero attached hydrogens (tertiary/aromatic N) is 1. The molecular formula is C18H31NO3. The van der Waals surface area contributed by atoms with Crippen LogP contribution < -0.4 is 0 Å². The number of imide groups is 1. The van der Waals surface area contributed by atoms with Gasteiger partial charge < -0.3 is 4.74 Å². The summed E-state index contributed by atoms with van der Waals surface area (Å²) in [6.07, 6.45) is 7.76. The van der Waals surface area contributed by atoms with Crippen LogP contribution in [0.4, 0.5) is 4.79 Å². The minimum absolute atomic E-state index is 0.0181. The van der Waals surface area contributed by atoms with E-state index in [0.29, 0.717) is 6.42 Å². The fourth-order valence-electron chi connectivity index (χ4n) is 2.69. The Morgan fingerprint density at radius 1 is 1.32 bits per heavy atom. The highest BCUT2D eigenvalue weighted by molar-refractivity contribution is 5.92. The predicted molar refractivity (Wildman–Crippen MR) is 88.6 cm³/mol. The molecule has 1 aliphatic rings. The fraction of sp³-hybridized carbons (Fsp3) is 0.778. The second-order valence-corrected chi connectivity index (χ2v) is 7.36. The molecule has 0 aromatic carbocycles. The molecule has 1 saturated heterocycles. The molecule has 4 nitrogen and oxygen atoms in total. The van der Waals surface area contributed by atoms with Crippen LogP contribution in [0.3, 0.4) is 0 Å². The Bertz CT molecular complexity index is 417. The van der Waals surface area contributed by atoms with E-state index in [9.17, 15) is 9.59 Å². The molecule has 1 atom stereocenters. The summed E-state index contributed by atoms with van der Waals surface area (Å²) < 4.78 is 5.43. The van der Waals surface area contributed by atoms with Gasteiger partial charge >= 0.3 is 6.09 Å². The molecule has 0 spiro atoms. The highest BCUT2D eigenvalue weighted by atomic mass is 16.6. The van der Waals surface area contributed by atoms with Gasteiger partial charge in [0.1, 0.15) is 5.60 Å². The summed E-state index contributed by atoms with van der Waals surface area (Å²) in [5, 5.41) is 0. The molecule has 22 heavy (non-hydrogen) atoms. The van der Waals surface area contributed by atoms with Gasteiger partial charge in [-0.25, -0.2) is 9.69 Å². The number of hydrogen-bond acceptors (Lipinski definition) is 3. The molecule has 126 valence electrons. The number of allylic oxidation sites excluding steroid dienone is 2. The van der Waals surface area contributed by atoms with E-state index in [1.165, 1.54) is 10.5 Å². The SMILES string of the molecule is CC(C)=CCCCC1CCCCC(=O)N1C(=O)OC(C)(C)C. The quantitative estimate of drug-likeness (QED) is 0.552. The summed E-state index contributed by atoms with van der Waals surface area (Å²) in [5.41, 5.74) is 0.733. The first kappa shape index (κ1) is 18.7. The molecule has 1 rings (SSSR count). The average molecular weight is 309 g/mol. The number of amides is 2. The average Bonchev–Trinajstić information content (AvgIpc) is 2.54. The van der Waals surface area contributed by atoms with Gasteiger partial charge in [0.2, 0.25) is 5.91 Å². The fourth-order valence-corrected chi connectivity index (χ4v) is 2.69. The van der Waals surface area contributed by atoms with Crippen LogP contribution in [-0.4, -0.2) is 28.5 Å². The smallest absolute Gasteiger partial charge is 0.417 e. The third kappa shape index (κ3) is 6.63. The standard InChI is InChI=1S/C18H31NO3/c1-14(2)10-6-7-11-15-12-8-9-13-16(20)19(15)17(21)22-18(3,4)5/h10,15H,6-9,11-13H2,1-5H3. The lowest BCUT2D eigenvalue weighted by atomic mass is 10.0. The van der Waals surface area contributed by atoms with Crippen molar-refractivity contribution < 1.29 is 14.3 Å². The van der Waals surface area contributed by atoms with E-state index in [1.54, 1.807) is 0 Å². The van der Waals surface area contributed by atoms with Crippen LogP contribution in [0.5, 0.6) is 0 Å². The Morgan fingerprint density at radius 2 is 2.00 bits per heavy atom. The van der Waals surface area contributed by atoms with Crippen molar-refractivity contribution in [2.24, 2.45) is 0 Å². The first-order chi connectivity index (χ1) is 10.2. The molecule has 0 saturated carbocycles. The van der Waals surface area contributed by atoms with Gasteiger partial charge in [-0.1, -0.05) is 18.1 Å². The maximum Gasteiger partial charge on any atom is 0.417 e. The summed E-state index contributed by atoms with van der Waals surface area (Å²) in [6.45, 7) is 9.66. The molecule has 1 heterocycles. The van der Waals surface area contributed by atoms with Gasteiger partial charge in [0.25, 0.3) is 0 Å². The molecule has 2 amide bonds. The van der Waals surface area contributed by atoms with E-state index in [1.807, 2.05) is 20.8 Å². The predicted octanol–water partition coefficient (Wildman–Crippen LogP) is 4.83. The molecule has 1 unspecified atom stereocenters. The van der Waals surface area contributed by atoms with Gasteiger partial charge in [-0.15, -0.1) is 0 Å². The monoisotopic (exact) mass is 309 g/mol. The second kappa shape index (κ2) is 8.35. The number of unbranched alkanes of at least 4 members (excludes halogenated alkanes) is 1.